The topological polar surface area (TPSA) is 91.5 Å². The second-order valence-electron chi connectivity index (χ2n) is 0. The van der Waals surface area contributed by atoms with Crippen molar-refractivity contribution in [3.63, 3.8) is 0 Å². The van der Waals surface area contributed by atoms with E-state index in [-0.39, 0.29) is 34.0 Å². The minimum Gasteiger partial charge on any atom is -0.870 e. The summed E-state index contributed by atoms with van der Waals surface area (Å²) < 4.78 is 0. The van der Waals surface area contributed by atoms with Crippen molar-refractivity contribution in [2.75, 3.05) is 0 Å². The number of hydrogen-bond acceptors (Lipinski definition) is 2. The first-order valence-corrected chi connectivity index (χ1v) is 0. The molecule has 0 aliphatic carbocycles. The summed E-state index contributed by atoms with van der Waals surface area (Å²) in [6.45, 7) is 0. The fourth-order valence-electron chi connectivity index (χ4n) is 0. The maximum atomic E-state index is 0. The van der Waals surface area contributed by atoms with Crippen LogP contribution in [0.3, 0.4) is 0 Å². The van der Waals surface area contributed by atoms with E-state index in [9.17, 15) is 0 Å². The van der Waals surface area contributed by atoms with Gasteiger partial charge in [0.15, 0.2) is 0 Å². The molecule has 4 N–H and O–H groups in total. The quantitative estimate of drug-likeness (QED) is 0.366. The number of rotatable bonds is 0. The van der Waals surface area contributed by atoms with Gasteiger partial charge in [-0.25, -0.2) is 0 Å². The largest absolute Gasteiger partial charge is 0.870 e. The Morgan fingerprint density at radius 1 is 0.750 bits per heavy atom. The van der Waals surface area contributed by atoms with Crippen LogP contribution in [0.5, 0.6) is 0 Å². The summed E-state index contributed by atoms with van der Waals surface area (Å²) >= 11 is 0. The van der Waals surface area contributed by atoms with Crippen molar-refractivity contribution in [2.24, 2.45) is 0 Å². The molecule has 0 aromatic rings. The Kier molecular flexibility index (Phi) is 8140. The zero-order chi connectivity index (χ0) is 0. The second-order valence-corrected chi connectivity index (χ2v) is 0. The van der Waals surface area contributed by atoms with Gasteiger partial charge in [0.05, 0.1) is 0 Å². The van der Waals surface area contributed by atoms with Crippen LogP contribution >= 0.6 is 0 Å². The van der Waals surface area contributed by atoms with Crippen molar-refractivity contribution in [2.45, 2.75) is 0 Å². The Morgan fingerprint density at radius 2 is 0.750 bits per heavy atom. The van der Waals surface area contributed by atoms with Crippen molar-refractivity contribution in [1.82, 2.24) is 0 Å². The average Bonchev–Trinajstić information content (AvgIpc) is 0. The smallest absolute Gasteiger partial charge is 0 e. The SMILES string of the molecule is O.[Ge].[OH-].[OH-]. The molecule has 0 heterocycles. The summed E-state index contributed by atoms with van der Waals surface area (Å²) in [5, 5.41) is 0. The van der Waals surface area contributed by atoms with Gasteiger partial charge < -0.3 is 16.4 Å². The predicted octanol–water partition coefficient (Wildman–Crippen LogP) is -1.56. The Balaban J connectivity index is 0. The van der Waals surface area contributed by atoms with Crippen molar-refractivity contribution < 1.29 is 16.4 Å². The molecule has 0 bridgehead atoms. The van der Waals surface area contributed by atoms with Crippen LogP contribution < -0.4 is 0 Å². The molecule has 0 unspecified atom stereocenters. The molecule has 28 valence electrons. The first-order valence-electron chi connectivity index (χ1n) is 0. The average molecular weight is 125 g/mol. The molecule has 0 saturated carbocycles. The minimum atomic E-state index is 0. The Morgan fingerprint density at radius 3 is 0.750 bits per heavy atom. The molecule has 0 aliphatic rings. The van der Waals surface area contributed by atoms with Crippen molar-refractivity contribution in [3.05, 3.63) is 0 Å². The van der Waals surface area contributed by atoms with E-state index >= 15 is 0 Å². The van der Waals surface area contributed by atoms with Gasteiger partial charge in [-0.15, -0.1) is 0 Å². The summed E-state index contributed by atoms with van der Waals surface area (Å²) in [5.74, 6) is 0. The van der Waals surface area contributed by atoms with Crippen LogP contribution in [0, 0.1) is 0 Å². The van der Waals surface area contributed by atoms with E-state index in [2.05, 4.69) is 0 Å². The van der Waals surface area contributed by atoms with E-state index in [4.69, 9.17) is 0 Å². The molecule has 0 rings (SSSR count). The molecule has 4 heavy (non-hydrogen) atoms. The van der Waals surface area contributed by atoms with Crippen molar-refractivity contribution >= 4 is 17.6 Å². The molecular formula is H4GeO3-2. The summed E-state index contributed by atoms with van der Waals surface area (Å²) in [5.41, 5.74) is 0. The molecule has 0 spiro atoms. The van der Waals surface area contributed by atoms with Crippen LogP contribution in [-0.2, 0) is 0 Å². The van der Waals surface area contributed by atoms with Gasteiger partial charge in [-0.2, -0.15) is 0 Å². The predicted molar refractivity (Wildman–Crippen MR) is 13.2 cm³/mol. The molecular weight excluding hydrogens is 121 g/mol. The Bertz CT molecular complexity index is 3.25. The fourth-order valence-corrected chi connectivity index (χ4v) is 0. The standard InChI is InChI=1S/Ge.3H2O/h;3*1H2/p-2. The Hall–Kier alpha value is 0.423. The van der Waals surface area contributed by atoms with Crippen LogP contribution in [0.1, 0.15) is 0 Å². The fraction of sp³-hybridized carbons (Fsp3) is 0. The third-order valence-corrected chi connectivity index (χ3v) is 0. The van der Waals surface area contributed by atoms with Gasteiger partial charge in [-0.3, -0.25) is 0 Å². The van der Waals surface area contributed by atoms with Crippen LogP contribution in [0.4, 0.5) is 0 Å². The van der Waals surface area contributed by atoms with E-state index < -0.39 is 0 Å². The van der Waals surface area contributed by atoms with E-state index in [0.717, 1.165) is 0 Å². The molecule has 0 atom stereocenters. The number of hydrogen-bond donors (Lipinski definition) is 0. The zero-order valence-electron chi connectivity index (χ0n) is 1.89. The molecule has 0 fully saturated rings. The third-order valence-electron chi connectivity index (χ3n) is 0. The van der Waals surface area contributed by atoms with Crippen molar-refractivity contribution in [1.29, 1.82) is 0 Å². The molecule has 0 aliphatic heterocycles. The summed E-state index contributed by atoms with van der Waals surface area (Å²) in [6, 6.07) is 0. The van der Waals surface area contributed by atoms with E-state index in [1.165, 1.54) is 0 Å². The monoisotopic (exact) mass is 126 g/mol. The molecule has 4 heteroatoms. The van der Waals surface area contributed by atoms with E-state index in [1.54, 1.807) is 0 Å². The van der Waals surface area contributed by atoms with Gasteiger partial charge in [0.25, 0.3) is 0 Å². The summed E-state index contributed by atoms with van der Waals surface area (Å²) in [7, 11) is 0. The van der Waals surface area contributed by atoms with E-state index in [0.29, 0.717) is 0 Å². The molecule has 0 amide bonds. The normalized spacial score (nSPS) is 0. The van der Waals surface area contributed by atoms with Gasteiger partial charge >= 0.3 is 0 Å². The van der Waals surface area contributed by atoms with Crippen LogP contribution in [0.25, 0.3) is 0 Å². The van der Waals surface area contributed by atoms with Crippen LogP contribution in [-0.4, -0.2) is 34.0 Å². The van der Waals surface area contributed by atoms with Gasteiger partial charge in [-0.1, -0.05) is 0 Å². The second kappa shape index (κ2) is 112. The van der Waals surface area contributed by atoms with Crippen LogP contribution in [0.2, 0.25) is 0 Å². The van der Waals surface area contributed by atoms with Gasteiger partial charge in [0.2, 0.25) is 0 Å². The first-order chi connectivity index (χ1) is 0. The molecule has 3 nitrogen and oxygen atoms in total. The molecule has 0 saturated heterocycles. The third kappa shape index (κ3) is 27.4. The van der Waals surface area contributed by atoms with E-state index in [1.807, 2.05) is 0 Å². The molecule has 4 radical (unpaired) electrons. The van der Waals surface area contributed by atoms with Gasteiger partial charge in [0.1, 0.15) is 0 Å². The maximum Gasteiger partial charge on any atom is 0 e. The van der Waals surface area contributed by atoms with Crippen molar-refractivity contribution in [3.8, 4) is 0 Å². The molecule has 0 aromatic carbocycles. The van der Waals surface area contributed by atoms with Gasteiger partial charge in [-0.05, 0) is 0 Å². The van der Waals surface area contributed by atoms with Gasteiger partial charge in [0, 0.05) is 17.6 Å². The first kappa shape index (κ1) is 290. The summed E-state index contributed by atoms with van der Waals surface area (Å²) in [6.07, 6.45) is 0. The minimum absolute atomic E-state index is 0. The zero-order valence-corrected chi connectivity index (χ0v) is 3.99. The van der Waals surface area contributed by atoms with Crippen LogP contribution in [0.15, 0.2) is 0 Å². The molecule has 0 aromatic heterocycles. The Labute approximate surface area is 34.9 Å². The summed E-state index contributed by atoms with van der Waals surface area (Å²) in [4.78, 5) is 0. The maximum absolute atomic E-state index is 0.